The molecule has 83 valence electrons. The molecule has 1 atom stereocenters. The molecule has 2 heteroatoms. The summed E-state index contributed by atoms with van der Waals surface area (Å²) in [4.78, 5) is 0. The number of hydrogen-bond donors (Lipinski definition) is 1. The fourth-order valence-corrected chi connectivity index (χ4v) is 2.09. The van der Waals surface area contributed by atoms with Gasteiger partial charge in [0.1, 0.15) is 0 Å². The highest BCUT2D eigenvalue weighted by Crippen LogP contribution is 2.18. The van der Waals surface area contributed by atoms with Gasteiger partial charge in [-0.3, -0.25) is 0 Å². The molecule has 1 fully saturated rings. The Hall–Kier alpha value is -0.0800. The van der Waals surface area contributed by atoms with Crippen molar-refractivity contribution in [3.05, 3.63) is 0 Å². The number of nitrogens with one attached hydrogen (secondary N) is 1. The Labute approximate surface area is 88.8 Å². The largest absolute Gasteiger partial charge is 0.301 e. The van der Waals surface area contributed by atoms with Crippen LogP contribution < -0.4 is 10.6 Å². The molecule has 1 aliphatic rings. The standard InChI is InChI=1S/C12H25N2/c1-3-4-10-13-11(2)14-12-8-6-5-7-9-12/h11-13H,3-10H2,1-2H3. The van der Waals surface area contributed by atoms with Crippen molar-refractivity contribution in [2.45, 2.75) is 71.0 Å². The summed E-state index contributed by atoms with van der Waals surface area (Å²) in [5.74, 6) is 0. The van der Waals surface area contributed by atoms with Gasteiger partial charge in [0.2, 0.25) is 0 Å². The molecule has 0 saturated heterocycles. The average molecular weight is 197 g/mol. The van der Waals surface area contributed by atoms with E-state index in [2.05, 4.69) is 19.2 Å². The second kappa shape index (κ2) is 7.24. The summed E-state index contributed by atoms with van der Waals surface area (Å²) in [6.07, 6.45) is 9.73. The third kappa shape index (κ3) is 4.97. The van der Waals surface area contributed by atoms with Gasteiger partial charge in [0.05, 0.1) is 6.17 Å². The maximum atomic E-state index is 4.80. The first-order valence-corrected chi connectivity index (χ1v) is 6.26. The van der Waals surface area contributed by atoms with E-state index in [-0.39, 0.29) is 0 Å². The second-order valence-corrected chi connectivity index (χ2v) is 4.42. The molecule has 14 heavy (non-hydrogen) atoms. The first-order valence-electron chi connectivity index (χ1n) is 6.26. The lowest BCUT2D eigenvalue weighted by Gasteiger charge is -2.25. The van der Waals surface area contributed by atoms with Crippen LogP contribution in [-0.4, -0.2) is 18.8 Å². The molecule has 0 aliphatic heterocycles. The Kier molecular flexibility index (Phi) is 6.20. The Morgan fingerprint density at radius 3 is 2.64 bits per heavy atom. The highest BCUT2D eigenvalue weighted by Gasteiger charge is 2.15. The minimum Gasteiger partial charge on any atom is -0.301 e. The first kappa shape index (κ1) is 12.0. The highest BCUT2D eigenvalue weighted by atomic mass is 15.1. The SMILES string of the molecule is CCCCNC(C)[N]C1CCCCC1. The van der Waals surface area contributed by atoms with E-state index >= 15 is 0 Å². The molecule has 1 N–H and O–H groups in total. The van der Waals surface area contributed by atoms with Crippen molar-refractivity contribution in [1.82, 2.24) is 10.6 Å². The summed E-state index contributed by atoms with van der Waals surface area (Å²) in [6.45, 7) is 5.53. The van der Waals surface area contributed by atoms with Crippen molar-refractivity contribution in [3.63, 3.8) is 0 Å². The topological polar surface area (TPSA) is 26.1 Å². The van der Waals surface area contributed by atoms with E-state index in [1.165, 1.54) is 44.9 Å². The van der Waals surface area contributed by atoms with Gasteiger partial charge in [0.25, 0.3) is 0 Å². The lowest BCUT2D eigenvalue weighted by atomic mass is 9.95. The van der Waals surface area contributed by atoms with Crippen molar-refractivity contribution in [2.24, 2.45) is 0 Å². The third-order valence-corrected chi connectivity index (χ3v) is 2.98. The molecule has 1 unspecified atom stereocenters. The molecule has 2 nitrogen and oxygen atoms in total. The zero-order chi connectivity index (χ0) is 10.2. The molecule has 0 aromatic rings. The number of unbranched alkanes of at least 4 members (excludes halogenated alkanes) is 1. The number of hydrogen-bond acceptors (Lipinski definition) is 1. The van der Waals surface area contributed by atoms with Gasteiger partial charge in [-0.1, -0.05) is 32.6 Å². The Morgan fingerprint density at radius 1 is 1.29 bits per heavy atom. The Bertz CT molecular complexity index is 130. The Morgan fingerprint density at radius 2 is 2.00 bits per heavy atom. The van der Waals surface area contributed by atoms with Gasteiger partial charge in [-0.15, -0.1) is 0 Å². The normalized spacial score (nSPS) is 21.0. The minimum absolute atomic E-state index is 0.365. The monoisotopic (exact) mass is 197 g/mol. The zero-order valence-electron chi connectivity index (χ0n) is 9.76. The molecule has 0 aromatic carbocycles. The summed E-state index contributed by atoms with van der Waals surface area (Å²) in [5, 5.41) is 8.26. The summed E-state index contributed by atoms with van der Waals surface area (Å²) in [7, 11) is 0. The summed E-state index contributed by atoms with van der Waals surface area (Å²) in [6, 6.07) is 0.646. The lowest BCUT2D eigenvalue weighted by molar-refractivity contribution is 0.311. The van der Waals surface area contributed by atoms with Crippen LogP contribution in [0.5, 0.6) is 0 Å². The van der Waals surface area contributed by atoms with Gasteiger partial charge in [0, 0.05) is 6.04 Å². The van der Waals surface area contributed by atoms with E-state index in [0.29, 0.717) is 12.2 Å². The third-order valence-electron chi connectivity index (χ3n) is 2.98. The van der Waals surface area contributed by atoms with Crippen LogP contribution in [-0.2, 0) is 0 Å². The first-order chi connectivity index (χ1) is 6.83. The van der Waals surface area contributed by atoms with Gasteiger partial charge in [0.15, 0.2) is 0 Å². The predicted octanol–water partition coefficient (Wildman–Crippen LogP) is 2.66. The van der Waals surface area contributed by atoms with Gasteiger partial charge in [-0.2, -0.15) is 0 Å². The molecule has 1 saturated carbocycles. The second-order valence-electron chi connectivity index (χ2n) is 4.42. The average Bonchev–Trinajstić information content (AvgIpc) is 2.20. The van der Waals surface area contributed by atoms with Gasteiger partial charge >= 0.3 is 0 Å². The quantitative estimate of drug-likeness (QED) is 0.651. The van der Waals surface area contributed by atoms with Crippen molar-refractivity contribution in [2.75, 3.05) is 6.54 Å². The van der Waals surface area contributed by atoms with Crippen LogP contribution in [0.3, 0.4) is 0 Å². The van der Waals surface area contributed by atoms with Crippen LogP contribution in [0.15, 0.2) is 0 Å². The predicted molar refractivity (Wildman–Crippen MR) is 61.4 cm³/mol. The van der Waals surface area contributed by atoms with Gasteiger partial charge < -0.3 is 5.32 Å². The lowest BCUT2D eigenvalue weighted by Crippen LogP contribution is -2.41. The van der Waals surface area contributed by atoms with Crippen LogP contribution in [0.4, 0.5) is 0 Å². The molecule has 1 aliphatic carbocycles. The summed E-state index contributed by atoms with van der Waals surface area (Å²) in [5.41, 5.74) is 0. The van der Waals surface area contributed by atoms with Crippen molar-refractivity contribution in [1.29, 1.82) is 0 Å². The number of rotatable bonds is 6. The number of nitrogens with zero attached hydrogens (tertiary/aromatic N) is 1. The Balaban J connectivity index is 2.03. The molecule has 0 amide bonds. The smallest absolute Gasteiger partial charge is 0.0710 e. The van der Waals surface area contributed by atoms with Gasteiger partial charge in [-0.05, 0) is 32.7 Å². The van der Waals surface area contributed by atoms with Crippen LogP contribution in [0, 0.1) is 0 Å². The minimum atomic E-state index is 0.365. The van der Waals surface area contributed by atoms with Crippen LogP contribution >= 0.6 is 0 Å². The summed E-state index contributed by atoms with van der Waals surface area (Å²) < 4.78 is 0. The maximum absolute atomic E-state index is 4.80. The maximum Gasteiger partial charge on any atom is 0.0710 e. The van der Waals surface area contributed by atoms with Crippen LogP contribution in [0.2, 0.25) is 0 Å². The highest BCUT2D eigenvalue weighted by molar-refractivity contribution is 4.73. The van der Waals surface area contributed by atoms with E-state index in [9.17, 15) is 0 Å². The van der Waals surface area contributed by atoms with Crippen molar-refractivity contribution < 1.29 is 0 Å². The van der Waals surface area contributed by atoms with Crippen molar-refractivity contribution >= 4 is 0 Å². The van der Waals surface area contributed by atoms with E-state index in [4.69, 9.17) is 5.32 Å². The molecule has 1 rings (SSSR count). The summed E-state index contributed by atoms with van der Waals surface area (Å²) >= 11 is 0. The zero-order valence-corrected chi connectivity index (χ0v) is 9.76. The van der Waals surface area contributed by atoms with Crippen molar-refractivity contribution in [3.8, 4) is 0 Å². The van der Waals surface area contributed by atoms with E-state index < -0.39 is 0 Å². The molecular weight excluding hydrogens is 172 g/mol. The molecule has 0 spiro atoms. The molecule has 0 aromatic heterocycles. The van der Waals surface area contributed by atoms with Crippen LogP contribution in [0.1, 0.15) is 58.8 Å². The molecule has 1 radical (unpaired) electrons. The molecule has 0 heterocycles. The molecular formula is C12H25N2. The fourth-order valence-electron chi connectivity index (χ4n) is 2.09. The van der Waals surface area contributed by atoms with E-state index in [0.717, 1.165) is 6.54 Å². The fraction of sp³-hybridized carbons (Fsp3) is 1.00. The molecule has 0 bridgehead atoms. The van der Waals surface area contributed by atoms with E-state index in [1.54, 1.807) is 0 Å². The van der Waals surface area contributed by atoms with Gasteiger partial charge in [-0.25, -0.2) is 5.32 Å². The van der Waals surface area contributed by atoms with E-state index in [1.807, 2.05) is 0 Å². The van der Waals surface area contributed by atoms with Crippen LogP contribution in [0.25, 0.3) is 0 Å².